The van der Waals surface area contributed by atoms with E-state index in [1.54, 1.807) is 12.4 Å². The van der Waals surface area contributed by atoms with Crippen LogP contribution in [-0.2, 0) is 6.42 Å². The molecule has 2 radical (unpaired) electrons. The Bertz CT molecular complexity index is 172. The van der Waals surface area contributed by atoms with Gasteiger partial charge in [0.05, 0.1) is 0 Å². The van der Waals surface area contributed by atoms with E-state index >= 15 is 0 Å². The highest BCUT2D eigenvalue weighted by Gasteiger charge is 1.87. The van der Waals surface area contributed by atoms with Crippen molar-refractivity contribution in [1.29, 1.82) is 0 Å². The van der Waals surface area contributed by atoms with Crippen LogP contribution in [0.15, 0.2) is 24.5 Å². The Morgan fingerprint density at radius 1 is 1.40 bits per heavy atom. The molecule has 0 fully saturated rings. The summed E-state index contributed by atoms with van der Waals surface area (Å²) in [7, 11) is 5.11. The SMILES string of the molecule is [CH]NCCc1ccncc1. The van der Waals surface area contributed by atoms with Gasteiger partial charge in [0.2, 0.25) is 0 Å². The molecule has 0 aliphatic rings. The summed E-state index contributed by atoms with van der Waals surface area (Å²) in [4.78, 5) is 3.90. The first-order valence-corrected chi connectivity index (χ1v) is 3.26. The van der Waals surface area contributed by atoms with Crippen LogP contribution in [0.4, 0.5) is 0 Å². The topological polar surface area (TPSA) is 24.9 Å². The number of pyridine rings is 1. The molecule has 1 aromatic heterocycles. The fraction of sp³-hybridized carbons (Fsp3) is 0.250. The van der Waals surface area contributed by atoms with Crippen LogP contribution in [-0.4, -0.2) is 11.5 Å². The lowest BCUT2D eigenvalue weighted by molar-refractivity contribution is 0.828. The van der Waals surface area contributed by atoms with E-state index in [2.05, 4.69) is 10.3 Å². The van der Waals surface area contributed by atoms with Gasteiger partial charge in [-0.3, -0.25) is 4.98 Å². The average Bonchev–Trinajstić information content (AvgIpc) is 2.03. The summed E-state index contributed by atoms with van der Waals surface area (Å²) in [6, 6.07) is 3.97. The van der Waals surface area contributed by atoms with Gasteiger partial charge >= 0.3 is 0 Å². The maximum absolute atomic E-state index is 5.11. The third-order valence-corrected chi connectivity index (χ3v) is 1.31. The third-order valence-electron chi connectivity index (χ3n) is 1.31. The molecule has 0 saturated heterocycles. The van der Waals surface area contributed by atoms with E-state index in [1.807, 2.05) is 12.1 Å². The molecule has 2 heteroatoms. The van der Waals surface area contributed by atoms with Gasteiger partial charge in [-0.2, -0.15) is 0 Å². The van der Waals surface area contributed by atoms with Crippen molar-refractivity contribution in [3.8, 4) is 0 Å². The highest BCUT2D eigenvalue weighted by Crippen LogP contribution is 1.95. The van der Waals surface area contributed by atoms with Crippen molar-refractivity contribution in [2.24, 2.45) is 0 Å². The second kappa shape index (κ2) is 4.01. The summed E-state index contributed by atoms with van der Waals surface area (Å²) in [6.45, 7) is 0.810. The van der Waals surface area contributed by atoms with Gasteiger partial charge in [-0.25, -0.2) is 0 Å². The lowest BCUT2D eigenvalue weighted by Crippen LogP contribution is -2.07. The number of hydrogen-bond donors (Lipinski definition) is 1. The second-order valence-corrected chi connectivity index (χ2v) is 2.06. The van der Waals surface area contributed by atoms with Crippen LogP contribution in [0.2, 0.25) is 0 Å². The normalized spacial score (nSPS) is 9.70. The molecule has 0 bridgehead atoms. The fourth-order valence-corrected chi connectivity index (χ4v) is 0.766. The van der Waals surface area contributed by atoms with E-state index in [-0.39, 0.29) is 0 Å². The first-order valence-electron chi connectivity index (χ1n) is 3.26. The van der Waals surface area contributed by atoms with Crippen molar-refractivity contribution in [3.05, 3.63) is 37.1 Å². The Labute approximate surface area is 61.3 Å². The van der Waals surface area contributed by atoms with Crippen LogP contribution < -0.4 is 5.32 Å². The van der Waals surface area contributed by atoms with E-state index in [0.717, 1.165) is 13.0 Å². The zero-order valence-electron chi connectivity index (χ0n) is 5.75. The first-order chi connectivity index (χ1) is 4.93. The zero-order valence-corrected chi connectivity index (χ0v) is 5.75. The molecule has 10 heavy (non-hydrogen) atoms. The van der Waals surface area contributed by atoms with Crippen LogP contribution in [0, 0.1) is 7.05 Å². The number of aromatic nitrogens is 1. The molecule has 52 valence electrons. The molecule has 2 nitrogen and oxygen atoms in total. The third kappa shape index (κ3) is 2.15. The number of hydrogen-bond acceptors (Lipinski definition) is 2. The summed E-state index contributed by atoms with van der Waals surface area (Å²) in [5.41, 5.74) is 1.26. The largest absolute Gasteiger partial charge is 0.311 e. The molecule has 0 unspecified atom stereocenters. The smallest absolute Gasteiger partial charge is 0.0407 e. The molecule has 1 rings (SSSR count). The fourth-order valence-electron chi connectivity index (χ4n) is 0.766. The lowest BCUT2D eigenvalue weighted by atomic mass is 10.2. The average molecular weight is 134 g/mol. The van der Waals surface area contributed by atoms with Crippen LogP contribution >= 0.6 is 0 Å². The lowest BCUT2D eigenvalue weighted by Gasteiger charge is -1.97. The van der Waals surface area contributed by atoms with Crippen LogP contribution in [0.3, 0.4) is 0 Å². The summed E-state index contributed by atoms with van der Waals surface area (Å²) in [6.07, 6.45) is 4.52. The van der Waals surface area contributed by atoms with E-state index in [1.165, 1.54) is 5.56 Å². The minimum atomic E-state index is 0.810. The maximum atomic E-state index is 5.11. The Hall–Kier alpha value is -0.890. The van der Waals surface area contributed by atoms with Crippen molar-refractivity contribution in [2.75, 3.05) is 6.54 Å². The molecule has 0 atom stereocenters. The number of nitrogens with zero attached hydrogens (tertiary/aromatic N) is 1. The molecule has 0 saturated carbocycles. The van der Waals surface area contributed by atoms with E-state index in [9.17, 15) is 0 Å². The summed E-state index contributed by atoms with van der Waals surface area (Å²) < 4.78 is 0. The molecule has 0 spiro atoms. The predicted molar refractivity (Wildman–Crippen MR) is 40.2 cm³/mol. The van der Waals surface area contributed by atoms with Crippen molar-refractivity contribution in [2.45, 2.75) is 6.42 Å². The molecule has 0 aliphatic heterocycles. The highest BCUT2D eigenvalue weighted by molar-refractivity contribution is 5.09. The van der Waals surface area contributed by atoms with Crippen molar-refractivity contribution in [3.63, 3.8) is 0 Å². The van der Waals surface area contributed by atoms with Crippen molar-refractivity contribution in [1.82, 2.24) is 10.3 Å². The Kier molecular flexibility index (Phi) is 2.90. The molecule has 1 heterocycles. The zero-order chi connectivity index (χ0) is 7.23. The second-order valence-electron chi connectivity index (χ2n) is 2.06. The van der Waals surface area contributed by atoms with E-state index in [4.69, 9.17) is 7.05 Å². The molecule has 1 aromatic rings. The highest BCUT2D eigenvalue weighted by atomic mass is 14.8. The number of nitrogens with one attached hydrogen (secondary N) is 1. The molecule has 0 aromatic carbocycles. The molecule has 0 aliphatic carbocycles. The molecular formula is C8H10N2. The monoisotopic (exact) mass is 134 g/mol. The van der Waals surface area contributed by atoms with Crippen LogP contribution in [0.1, 0.15) is 5.56 Å². The van der Waals surface area contributed by atoms with Gasteiger partial charge in [0.25, 0.3) is 0 Å². The number of rotatable bonds is 3. The van der Waals surface area contributed by atoms with Gasteiger partial charge in [0.15, 0.2) is 0 Å². The molecular weight excluding hydrogens is 124 g/mol. The van der Waals surface area contributed by atoms with Crippen molar-refractivity contribution < 1.29 is 0 Å². The van der Waals surface area contributed by atoms with Crippen LogP contribution in [0.25, 0.3) is 0 Å². The van der Waals surface area contributed by atoms with Gasteiger partial charge in [-0.05, 0) is 30.7 Å². The summed E-state index contributed by atoms with van der Waals surface area (Å²) in [5.74, 6) is 0. The Morgan fingerprint density at radius 3 is 2.70 bits per heavy atom. The standard InChI is InChI=1S/C8H10N2/c1-9-5-2-8-3-6-10-7-4-8/h1,3-4,6-7,9H,2,5H2. The summed E-state index contributed by atoms with van der Waals surface area (Å²) >= 11 is 0. The van der Waals surface area contributed by atoms with Gasteiger partial charge in [0, 0.05) is 19.4 Å². The minimum Gasteiger partial charge on any atom is -0.311 e. The van der Waals surface area contributed by atoms with Crippen molar-refractivity contribution >= 4 is 0 Å². The Balaban J connectivity index is 2.43. The minimum absolute atomic E-state index is 0.810. The first kappa shape index (κ1) is 7.22. The predicted octanol–water partition coefficient (Wildman–Crippen LogP) is 0.882. The van der Waals surface area contributed by atoms with E-state index in [0.29, 0.717) is 0 Å². The van der Waals surface area contributed by atoms with E-state index < -0.39 is 0 Å². The quantitative estimate of drug-likeness (QED) is 0.621. The van der Waals surface area contributed by atoms with Gasteiger partial charge in [-0.15, -0.1) is 0 Å². The molecule has 0 amide bonds. The van der Waals surface area contributed by atoms with Gasteiger partial charge in [-0.1, -0.05) is 0 Å². The summed E-state index contributed by atoms with van der Waals surface area (Å²) in [5, 5.41) is 2.60. The van der Waals surface area contributed by atoms with Gasteiger partial charge in [0.1, 0.15) is 0 Å². The molecule has 1 N–H and O–H groups in total. The van der Waals surface area contributed by atoms with Crippen LogP contribution in [0.5, 0.6) is 0 Å². The Morgan fingerprint density at radius 2 is 2.10 bits per heavy atom. The van der Waals surface area contributed by atoms with Gasteiger partial charge < -0.3 is 5.32 Å². The maximum Gasteiger partial charge on any atom is 0.0407 e.